The molecule has 0 aliphatic heterocycles. The highest BCUT2D eigenvalue weighted by Crippen LogP contribution is 2.28. The number of fused-ring (bicyclic) bond motifs is 1. The van der Waals surface area contributed by atoms with Gasteiger partial charge in [-0.3, -0.25) is 0 Å². The molecule has 1 atom stereocenters. The third-order valence-corrected chi connectivity index (χ3v) is 4.25. The van der Waals surface area contributed by atoms with Gasteiger partial charge in [-0.15, -0.1) is 4.91 Å². The van der Waals surface area contributed by atoms with Crippen molar-refractivity contribution in [3.63, 3.8) is 0 Å². The summed E-state index contributed by atoms with van der Waals surface area (Å²) >= 11 is 12.5. The van der Waals surface area contributed by atoms with Crippen LogP contribution in [0.3, 0.4) is 0 Å². The summed E-state index contributed by atoms with van der Waals surface area (Å²) in [5, 5.41) is 5.23. The SMILES string of the molecule is O=NC(C[n+]1ccc(Cl)c2c(Cl)cccc21)c1ccccc1. The third kappa shape index (κ3) is 2.82. The lowest BCUT2D eigenvalue weighted by molar-refractivity contribution is -0.674. The first-order valence-electron chi connectivity index (χ1n) is 6.84. The number of hydrogen-bond donors (Lipinski definition) is 0. The lowest BCUT2D eigenvalue weighted by Crippen LogP contribution is -2.36. The van der Waals surface area contributed by atoms with Crippen LogP contribution in [0.15, 0.2) is 66.0 Å². The Bertz CT molecular complexity index is 813. The van der Waals surface area contributed by atoms with E-state index in [0.717, 1.165) is 16.5 Å². The van der Waals surface area contributed by atoms with Gasteiger partial charge >= 0.3 is 0 Å². The van der Waals surface area contributed by atoms with E-state index < -0.39 is 6.04 Å². The van der Waals surface area contributed by atoms with Gasteiger partial charge in [-0.25, -0.2) is 0 Å². The van der Waals surface area contributed by atoms with Crippen molar-refractivity contribution in [2.24, 2.45) is 5.18 Å². The maximum Gasteiger partial charge on any atom is 0.215 e. The number of halogens is 2. The molecule has 3 aromatic rings. The fraction of sp³-hybridized carbons (Fsp3) is 0.118. The van der Waals surface area contributed by atoms with Gasteiger partial charge in [0.25, 0.3) is 0 Å². The van der Waals surface area contributed by atoms with Crippen molar-refractivity contribution in [1.82, 2.24) is 0 Å². The molecule has 0 fully saturated rings. The molecular weight excluding hydrogens is 319 g/mol. The van der Waals surface area contributed by atoms with Gasteiger partial charge in [0.2, 0.25) is 5.52 Å². The monoisotopic (exact) mass is 331 g/mol. The maximum atomic E-state index is 11.3. The van der Waals surface area contributed by atoms with Crippen molar-refractivity contribution >= 4 is 34.1 Å². The first-order chi connectivity index (χ1) is 10.7. The molecule has 3 rings (SSSR count). The first-order valence-corrected chi connectivity index (χ1v) is 7.60. The number of pyridine rings is 1. The van der Waals surface area contributed by atoms with Gasteiger partial charge in [-0.1, -0.05) is 64.8 Å². The number of benzene rings is 2. The minimum absolute atomic E-state index is 0.432. The topological polar surface area (TPSA) is 33.3 Å². The molecule has 0 N–H and O–H groups in total. The molecule has 0 amide bonds. The molecule has 0 aliphatic carbocycles. The molecule has 2 aromatic carbocycles. The van der Waals surface area contributed by atoms with Crippen LogP contribution in [0.4, 0.5) is 0 Å². The van der Waals surface area contributed by atoms with E-state index in [-0.39, 0.29) is 0 Å². The van der Waals surface area contributed by atoms with Crippen LogP contribution >= 0.6 is 23.2 Å². The normalized spacial score (nSPS) is 12.3. The minimum atomic E-state index is -0.463. The Morgan fingerprint density at radius 1 is 0.955 bits per heavy atom. The lowest BCUT2D eigenvalue weighted by Gasteiger charge is -2.09. The summed E-state index contributed by atoms with van der Waals surface area (Å²) in [6.45, 7) is 0.432. The maximum absolute atomic E-state index is 11.3. The van der Waals surface area contributed by atoms with Crippen molar-refractivity contribution in [3.8, 4) is 0 Å². The molecule has 1 aromatic heterocycles. The number of hydrogen-bond acceptors (Lipinski definition) is 2. The molecular formula is C17H13Cl2N2O+. The van der Waals surface area contributed by atoms with Crippen LogP contribution < -0.4 is 4.57 Å². The van der Waals surface area contributed by atoms with Crippen LogP contribution in [0.25, 0.3) is 10.9 Å². The van der Waals surface area contributed by atoms with Crippen LogP contribution in [0.2, 0.25) is 10.0 Å². The standard InChI is InChI=1S/C17H13Cl2N2O/c18-13-7-4-8-16-17(13)14(19)9-10-21(16)11-15(20-22)12-5-2-1-3-6-12/h1-10,15H,11H2/q+1. The average Bonchev–Trinajstić information content (AvgIpc) is 2.55. The molecule has 110 valence electrons. The van der Waals surface area contributed by atoms with Crippen molar-refractivity contribution in [2.45, 2.75) is 12.6 Å². The predicted octanol–water partition coefficient (Wildman–Crippen LogP) is 4.94. The molecule has 1 heterocycles. The average molecular weight is 332 g/mol. The quantitative estimate of drug-likeness (QED) is 0.492. The highest BCUT2D eigenvalue weighted by Gasteiger charge is 2.21. The molecule has 5 heteroatoms. The molecule has 0 saturated heterocycles. The zero-order valence-corrected chi connectivity index (χ0v) is 13.1. The van der Waals surface area contributed by atoms with E-state index >= 15 is 0 Å². The van der Waals surface area contributed by atoms with Gasteiger partial charge in [0.1, 0.15) is 0 Å². The number of rotatable bonds is 4. The largest absolute Gasteiger partial charge is 0.215 e. The summed E-state index contributed by atoms with van der Waals surface area (Å²) in [4.78, 5) is 11.3. The van der Waals surface area contributed by atoms with Crippen LogP contribution in [-0.2, 0) is 6.54 Å². The van der Waals surface area contributed by atoms with Crippen LogP contribution in [0.5, 0.6) is 0 Å². The Balaban J connectivity index is 2.06. The molecule has 3 nitrogen and oxygen atoms in total. The van der Waals surface area contributed by atoms with Gasteiger partial charge < -0.3 is 0 Å². The summed E-state index contributed by atoms with van der Waals surface area (Å²) < 4.78 is 1.95. The highest BCUT2D eigenvalue weighted by atomic mass is 35.5. The fourth-order valence-electron chi connectivity index (χ4n) is 2.53. The number of nitroso groups, excluding NO2 is 1. The van der Waals surface area contributed by atoms with E-state index in [0.29, 0.717) is 16.6 Å². The molecule has 0 radical (unpaired) electrons. The summed E-state index contributed by atoms with van der Waals surface area (Å²) in [7, 11) is 0. The van der Waals surface area contributed by atoms with Gasteiger partial charge in [0.15, 0.2) is 18.8 Å². The highest BCUT2D eigenvalue weighted by molar-refractivity contribution is 6.41. The van der Waals surface area contributed by atoms with Crippen LogP contribution in [0, 0.1) is 4.91 Å². The summed E-state index contributed by atoms with van der Waals surface area (Å²) in [5.41, 5.74) is 1.76. The van der Waals surface area contributed by atoms with E-state index in [9.17, 15) is 4.91 Å². The van der Waals surface area contributed by atoms with Gasteiger partial charge in [0, 0.05) is 12.1 Å². The smallest absolute Gasteiger partial charge is 0.195 e. The number of nitrogens with zero attached hydrogens (tertiary/aromatic N) is 2. The Hall–Kier alpha value is -1.97. The summed E-state index contributed by atoms with van der Waals surface area (Å²) in [6.07, 6.45) is 1.85. The Morgan fingerprint density at radius 3 is 2.41 bits per heavy atom. The molecule has 22 heavy (non-hydrogen) atoms. The Morgan fingerprint density at radius 2 is 1.68 bits per heavy atom. The van der Waals surface area contributed by atoms with Gasteiger partial charge in [0.05, 0.1) is 15.4 Å². The van der Waals surface area contributed by atoms with Crippen molar-refractivity contribution in [1.29, 1.82) is 0 Å². The van der Waals surface area contributed by atoms with Gasteiger partial charge in [-0.2, -0.15) is 4.57 Å². The minimum Gasteiger partial charge on any atom is -0.195 e. The Labute approximate surface area is 138 Å². The van der Waals surface area contributed by atoms with Crippen molar-refractivity contribution in [3.05, 3.63) is 81.3 Å². The molecule has 0 aliphatic rings. The third-order valence-electron chi connectivity index (χ3n) is 3.62. The van der Waals surface area contributed by atoms with Crippen molar-refractivity contribution in [2.75, 3.05) is 0 Å². The molecule has 0 saturated carbocycles. The van der Waals surface area contributed by atoms with Gasteiger partial charge in [-0.05, 0) is 11.6 Å². The molecule has 0 bridgehead atoms. The molecule has 1 unspecified atom stereocenters. The summed E-state index contributed by atoms with van der Waals surface area (Å²) in [5.74, 6) is 0. The number of aromatic nitrogens is 1. The zero-order valence-electron chi connectivity index (χ0n) is 11.6. The molecule has 0 spiro atoms. The second-order valence-electron chi connectivity index (χ2n) is 4.98. The van der Waals surface area contributed by atoms with Crippen LogP contribution in [0.1, 0.15) is 11.6 Å². The van der Waals surface area contributed by atoms with E-state index in [1.54, 1.807) is 12.1 Å². The van der Waals surface area contributed by atoms with Crippen LogP contribution in [-0.4, -0.2) is 0 Å². The lowest BCUT2D eigenvalue weighted by atomic mass is 10.1. The van der Waals surface area contributed by atoms with Crippen molar-refractivity contribution < 1.29 is 4.57 Å². The zero-order chi connectivity index (χ0) is 15.5. The second-order valence-corrected chi connectivity index (χ2v) is 5.80. The van der Waals surface area contributed by atoms with E-state index in [1.165, 1.54) is 0 Å². The second kappa shape index (κ2) is 6.42. The predicted molar refractivity (Wildman–Crippen MR) is 89.1 cm³/mol. The van der Waals surface area contributed by atoms with E-state index in [1.807, 2.05) is 53.2 Å². The van der Waals surface area contributed by atoms with E-state index in [4.69, 9.17) is 23.2 Å². The summed E-state index contributed by atoms with van der Waals surface area (Å²) in [6, 6.07) is 16.4. The van der Waals surface area contributed by atoms with E-state index in [2.05, 4.69) is 5.18 Å². The first kappa shape index (κ1) is 14.9. The Kier molecular flexibility index (Phi) is 4.36. The fourth-order valence-corrected chi connectivity index (χ4v) is 3.10.